The summed E-state index contributed by atoms with van der Waals surface area (Å²) in [6.45, 7) is 4.12. The number of carbonyl (C=O) groups is 1. The van der Waals surface area contributed by atoms with E-state index in [0.717, 1.165) is 6.42 Å². The second-order valence-corrected chi connectivity index (χ2v) is 3.06. The van der Waals surface area contributed by atoms with Crippen molar-refractivity contribution in [3.05, 3.63) is 0 Å². The molecular weight excluding hydrogens is 116 g/mol. The number of hydrogen-bond acceptors (Lipinski definition) is 2. The number of rotatable bonds is 0. The minimum Gasteiger partial charge on any atom is -0.291 e. The maximum atomic E-state index is 10.6. The highest BCUT2D eigenvalue weighted by Crippen LogP contribution is 2.12. The van der Waals surface area contributed by atoms with E-state index < -0.39 is 0 Å². The van der Waals surface area contributed by atoms with E-state index in [2.05, 4.69) is 24.7 Å². The largest absolute Gasteiger partial charge is 0.291 e. The average molecular weight is 128 g/mol. The van der Waals surface area contributed by atoms with Crippen molar-refractivity contribution in [2.24, 2.45) is 0 Å². The highest BCUT2D eigenvalue weighted by Gasteiger charge is 2.23. The number of carbonyl (C=O) groups excluding carboxylic acids is 1. The summed E-state index contributed by atoms with van der Waals surface area (Å²) in [5.74, 6) is 0.0920. The van der Waals surface area contributed by atoms with Crippen molar-refractivity contribution in [3.63, 3.8) is 0 Å². The van der Waals surface area contributed by atoms with Crippen molar-refractivity contribution in [2.75, 3.05) is 0 Å². The maximum Gasteiger partial charge on any atom is 0.234 e. The average Bonchev–Trinajstić information content (AvgIpc) is 1.78. The van der Waals surface area contributed by atoms with E-state index in [-0.39, 0.29) is 11.4 Å². The maximum absolute atomic E-state index is 10.6. The van der Waals surface area contributed by atoms with Crippen LogP contribution in [0.2, 0.25) is 0 Å². The molecule has 9 heavy (non-hydrogen) atoms. The Labute approximate surface area is 54.8 Å². The quantitative estimate of drug-likeness (QED) is 0.488. The summed E-state index contributed by atoms with van der Waals surface area (Å²) in [6.07, 6.45) is 1.55. The molecule has 0 aromatic carbocycles. The van der Waals surface area contributed by atoms with Crippen LogP contribution in [0.5, 0.6) is 0 Å². The molecule has 0 spiro atoms. The van der Waals surface area contributed by atoms with Gasteiger partial charge in [-0.1, -0.05) is 0 Å². The fourth-order valence-corrected chi connectivity index (χ4v) is 0.790. The zero-order chi connectivity index (χ0) is 6.91. The highest BCUT2D eigenvalue weighted by molar-refractivity contribution is 5.76. The molecule has 1 rings (SSSR count). The van der Waals surface area contributed by atoms with Crippen molar-refractivity contribution >= 4 is 5.91 Å². The third kappa shape index (κ3) is 1.68. The van der Waals surface area contributed by atoms with Gasteiger partial charge in [0.15, 0.2) is 0 Å². The second-order valence-electron chi connectivity index (χ2n) is 3.06. The second kappa shape index (κ2) is 1.99. The molecule has 1 saturated heterocycles. The lowest BCUT2D eigenvalue weighted by Crippen LogP contribution is -2.55. The van der Waals surface area contributed by atoms with Crippen LogP contribution >= 0.6 is 0 Å². The fraction of sp³-hybridized carbons (Fsp3) is 0.833. The van der Waals surface area contributed by atoms with Crippen LogP contribution in [0.15, 0.2) is 0 Å². The Morgan fingerprint density at radius 2 is 2.22 bits per heavy atom. The zero-order valence-electron chi connectivity index (χ0n) is 5.82. The van der Waals surface area contributed by atoms with Crippen LogP contribution in [-0.4, -0.2) is 11.4 Å². The Kier molecular flexibility index (Phi) is 1.45. The number of nitrogens with one attached hydrogen (secondary N) is 2. The van der Waals surface area contributed by atoms with Gasteiger partial charge < -0.3 is 0 Å². The van der Waals surface area contributed by atoms with E-state index in [1.165, 1.54) is 0 Å². The number of hydrogen-bond donors (Lipinski definition) is 2. The summed E-state index contributed by atoms with van der Waals surface area (Å²) in [5, 5.41) is 0. The molecule has 1 aliphatic rings. The van der Waals surface area contributed by atoms with Gasteiger partial charge in [0, 0.05) is 12.0 Å². The standard InChI is InChI=1S/C6H12N2O/c1-6(2)4-3-5(9)7-8-6/h8H,3-4H2,1-2H3,(H,7,9). The van der Waals surface area contributed by atoms with Crippen LogP contribution in [-0.2, 0) is 4.79 Å². The molecule has 1 amide bonds. The predicted octanol–water partition coefficient (Wildman–Crippen LogP) is 0.180. The Bertz CT molecular complexity index is 119. The van der Waals surface area contributed by atoms with Crippen molar-refractivity contribution in [1.82, 2.24) is 10.9 Å². The topological polar surface area (TPSA) is 41.1 Å². The van der Waals surface area contributed by atoms with Crippen LogP contribution in [0.25, 0.3) is 0 Å². The summed E-state index contributed by atoms with van der Waals surface area (Å²) in [7, 11) is 0. The Morgan fingerprint density at radius 1 is 1.56 bits per heavy atom. The first kappa shape index (κ1) is 6.55. The monoisotopic (exact) mass is 128 g/mol. The molecule has 0 aliphatic carbocycles. The normalized spacial score (nSPS) is 25.3. The van der Waals surface area contributed by atoms with E-state index in [9.17, 15) is 4.79 Å². The van der Waals surface area contributed by atoms with E-state index in [4.69, 9.17) is 0 Å². The molecule has 2 N–H and O–H groups in total. The van der Waals surface area contributed by atoms with Gasteiger partial charge in [0.05, 0.1) is 0 Å². The van der Waals surface area contributed by atoms with Gasteiger partial charge >= 0.3 is 0 Å². The van der Waals surface area contributed by atoms with E-state index in [0.29, 0.717) is 6.42 Å². The van der Waals surface area contributed by atoms with E-state index >= 15 is 0 Å². The van der Waals surface area contributed by atoms with Gasteiger partial charge in [-0.2, -0.15) is 0 Å². The molecule has 0 aromatic heterocycles. The van der Waals surface area contributed by atoms with E-state index in [1.54, 1.807) is 0 Å². The molecule has 0 unspecified atom stereocenters. The summed E-state index contributed by atoms with van der Waals surface area (Å²) < 4.78 is 0. The lowest BCUT2D eigenvalue weighted by Gasteiger charge is -2.30. The first-order valence-corrected chi connectivity index (χ1v) is 3.16. The lowest BCUT2D eigenvalue weighted by molar-refractivity contribution is -0.125. The van der Waals surface area contributed by atoms with Gasteiger partial charge in [-0.3, -0.25) is 10.2 Å². The molecule has 1 aliphatic heterocycles. The molecule has 52 valence electrons. The zero-order valence-corrected chi connectivity index (χ0v) is 5.82. The van der Waals surface area contributed by atoms with Crippen LogP contribution < -0.4 is 10.9 Å². The third-order valence-corrected chi connectivity index (χ3v) is 1.52. The van der Waals surface area contributed by atoms with Gasteiger partial charge in [-0.25, -0.2) is 5.43 Å². The third-order valence-electron chi connectivity index (χ3n) is 1.52. The molecule has 0 atom stereocenters. The number of amides is 1. The van der Waals surface area contributed by atoms with Crippen LogP contribution in [0.1, 0.15) is 26.7 Å². The minimum absolute atomic E-state index is 0.0773. The smallest absolute Gasteiger partial charge is 0.234 e. The van der Waals surface area contributed by atoms with Gasteiger partial charge in [-0.05, 0) is 20.3 Å². The number of hydrazine groups is 1. The summed E-state index contributed by atoms with van der Waals surface area (Å²) in [5.41, 5.74) is 5.57. The van der Waals surface area contributed by atoms with Crippen molar-refractivity contribution < 1.29 is 4.79 Å². The molecular formula is C6H12N2O. The Balaban J connectivity index is 2.44. The van der Waals surface area contributed by atoms with Crippen molar-refractivity contribution in [1.29, 1.82) is 0 Å². The summed E-state index contributed by atoms with van der Waals surface area (Å²) in [6, 6.07) is 0. The van der Waals surface area contributed by atoms with Gasteiger partial charge in [0.2, 0.25) is 5.91 Å². The van der Waals surface area contributed by atoms with Crippen LogP contribution in [0.4, 0.5) is 0 Å². The SMILES string of the molecule is CC1(C)CCC(=O)NN1. The molecule has 0 bridgehead atoms. The molecule has 0 radical (unpaired) electrons. The molecule has 0 aromatic rings. The summed E-state index contributed by atoms with van der Waals surface area (Å²) in [4.78, 5) is 10.6. The Hall–Kier alpha value is -0.570. The summed E-state index contributed by atoms with van der Waals surface area (Å²) >= 11 is 0. The van der Waals surface area contributed by atoms with Crippen molar-refractivity contribution in [2.45, 2.75) is 32.2 Å². The molecule has 1 heterocycles. The molecule has 1 fully saturated rings. The molecule has 3 heteroatoms. The van der Waals surface area contributed by atoms with Crippen LogP contribution in [0, 0.1) is 0 Å². The van der Waals surface area contributed by atoms with Gasteiger partial charge in [0.1, 0.15) is 0 Å². The first-order valence-electron chi connectivity index (χ1n) is 3.16. The Morgan fingerprint density at radius 3 is 2.56 bits per heavy atom. The van der Waals surface area contributed by atoms with Gasteiger partial charge in [-0.15, -0.1) is 0 Å². The van der Waals surface area contributed by atoms with Crippen LogP contribution in [0.3, 0.4) is 0 Å². The predicted molar refractivity (Wildman–Crippen MR) is 34.6 cm³/mol. The van der Waals surface area contributed by atoms with E-state index in [1.807, 2.05) is 0 Å². The lowest BCUT2D eigenvalue weighted by atomic mass is 9.98. The van der Waals surface area contributed by atoms with Gasteiger partial charge in [0.25, 0.3) is 0 Å². The molecule has 0 saturated carbocycles. The van der Waals surface area contributed by atoms with Crippen molar-refractivity contribution in [3.8, 4) is 0 Å². The molecule has 3 nitrogen and oxygen atoms in total. The first-order chi connectivity index (χ1) is 4.10. The minimum atomic E-state index is 0.0773. The fourth-order valence-electron chi connectivity index (χ4n) is 0.790. The highest BCUT2D eigenvalue weighted by atomic mass is 16.2.